The van der Waals surface area contributed by atoms with E-state index < -0.39 is 0 Å². The Balaban J connectivity index is 3.50. The molecule has 0 spiro atoms. The van der Waals surface area contributed by atoms with Crippen molar-refractivity contribution in [2.24, 2.45) is 0 Å². The first-order valence-corrected chi connectivity index (χ1v) is 3.29. The minimum Gasteiger partial charge on any atom is -0.303 e. The van der Waals surface area contributed by atoms with Gasteiger partial charge in [-0.1, -0.05) is 30.4 Å². The Morgan fingerprint density at radius 3 is 2.09 bits per heavy atom. The van der Waals surface area contributed by atoms with E-state index in [2.05, 4.69) is 0 Å². The topological polar surface area (TPSA) is 34.1 Å². The second kappa shape index (κ2) is 8.56. The third-order valence-electron chi connectivity index (χ3n) is 0.891. The van der Waals surface area contributed by atoms with Gasteiger partial charge < -0.3 is 4.79 Å². The number of rotatable bonds is 5. The average molecular weight is 150 g/mol. The summed E-state index contributed by atoms with van der Waals surface area (Å²) >= 11 is 0. The smallest absolute Gasteiger partial charge is 0.142 e. The zero-order valence-corrected chi connectivity index (χ0v) is 6.14. The van der Waals surface area contributed by atoms with E-state index in [0.717, 1.165) is 6.29 Å². The maximum Gasteiger partial charge on any atom is 0.142 e. The Labute approximate surface area is 65.9 Å². The van der Waals surface area contributed by atoms with E-state index in [9.17, 15) is 9.59 Å². The fraction of sp³-hybridized carbons (Fsp3) is 0.111. The highest BCUT2D eigenvalue weighted by Gasteiger charge is 1.67. The molecule has 0 fully saturated rings. The van der Waals surface area contributed by atoms with Crippen LogP contribution in [0.15, 0.2) is 36.5 Å². The third-order valence-corrected chi connectivity index (χ3v) is 0.891. The van der Waals surface area contributed by atoms with Crippen molar-refractivity contribution in [2.45, 2.75) is 6.42 Å². The molecule has 0 aliphatic rings. The highest BCUT2D eigenvalue weighted by Crippen LogP contribution is 1.81. The molecule has 0 N–H and O–H groups in total. The lowest BCUT2D eigenvalue weighted by Gasteiger charge is -1.72. The standard InChI is InChI=1S/C9H10O2/c10-8-6-4-2-1-3-5-7-9-11/h1-6,8-9H,7H2. The van der Waals surface area contributed by atoms with Gasteiger partial charge in [0, 0.05) is 6.42 Å². The van der Waals surface area contributed by atoms with Crippen molar-refractivity contribution in [3.8, 4) is 0 Å². The summed E-state index contributed by atoms with van der Waals surface area (Å²) < 4.78 is 0. The van der Waals surface area contributed by atoms with Crippen LogP contribution in [0.4, 0.5) is 0 Å². The van der Waals surface area contributed by atoms with Gasteiger partial charge in [-0.25, -0.2) is 0 Å². The molecule has 0 aromatic heterocycles. The van der Waals surface area contributed by atoms with Gasteiger partial charge in [0.15, 0.2) is 0 Å². The predicted octanol–water partition coefficient (Wildman–Crippen LogP) is 1.44. The van der Waals surface area contributed by atoms with Gasteiger partial charge in [-0.05, 0) is 6.08 Å². The van der Waals surface area contributed by atoms with Gasteiger partial charge in [0.25, 0.3) is 0 Å². The Morgan fingerprint density at radius 2 is 1.45 bits per heavy atom. The predicted molar refractivity (Wildman–Crippen MR) is 44.2 cm³/mol. The lowest BCUT2D eigenvalue weighted by molar-refractivity contribution is -0.107. The summed E-state index contributed by atoms with van der Waals surface area (Å²) in [6, 6.07) is 0. The lowest BCUT2D eigenvalue weighted by Crippen LogP contribution is -1.63. The number of carbonyl (C=O) groups is 2. The van der Waals surface area contributed by atoms with Crippen LogP contribution in [0.3, 0.4) is 0 Å². The number of aldehydes is 2. The normalized spacial score (nSPS) is 11.6. The summed E-state index contributed by atoms with van der Waals surface area (Å²) in [5.74, 6) is 0. The SMILES string of the molecule is O=CC=CC=CC=CCC=O. The van der Waals surface area contributed by atoms with E-state index in [4.69, 9.17) is 0 Å². The zero-order valence-electron chi connectivity index (χ0n) is 6.14. The molecule has 0 rings (SSSR count). The molecule has 0 saturated carbocycles. The summed E-state index contributed by atoms with van der Waals surface area (Å²) in [6.07, 6.45) is 11.9. The molecule has 0 heterocycles. The van der Waals surface area contributed by atoms with Crippen LogP contribution < -0.4 is 0 Å². The molecule has 2 nitrogen and oxygen atoms in total. The number of allylic oxidation sites excluding steroid dienone is 6. The largest absolute Gasteiger partial charge is 0.303 e. The van der Waals surface area contributed by atoms with Gasteiger partial charge in [0.2, 0.25) is 0 Å². The number of hydrogen-bond donors (Lipinski definition) is 0. The minimum atomic E-state index is 0.432. The first-order chi connectivity index (χ1) is 5.41. The maximum atomic E-state index is 9.80. The zero-order chi connectivity index (χ0) is 8.36. The molecule has 0 aliphatic heterocycles. The van der Waals surface area contributed by atoms with E-state index >= 15 is 0 Å². The van der Waals surface area contributed by atoms with Crippen LogP contribution >= 0.6 is 0 Å². The Kier molecular flexibility index (Phi) is 7.44. The van der Waals surface area contributed by atoms with Crippen molar-refractivity contribution in [2.75, 3.05) is 0 Å². The fourth-order valence-electron chi connectivity index (χ4n) is 0.451. The summed E-state index contributed by atoms with van der Waals surface area (Å²) in [4.78, 5) is 19.6. The van der Waals surface area contributed by atoms with Gasteiger partial charge >= 0.3 is 0 Å². The third kappa shape index (κ3) is 8.56. The molecule has 0 aromatic rings. The van der Waals surface area contributed by atoms with Crippen LogP contribution in [-0.2, 0) is 9.59 Å². The van der Waals surface area contributed by atoms with Crippen LogP contribution in [-0.4, -0.2) is 12.6 Å². The molecule has 0 bridgehead atoms. The second-order valence-corrected chi connectivity index (χ2v) is 1.74. The Bertz CT molecular complexity index is 188. The quantitative estimate of drug-likeness (QED) is 0.337. The van der Waals surface area contributed by atoms with Gasteiger partial charge in [0.1, 0.15) is 12.6 Å². The molecule has 0 aliphatic carbocycles. The van der Waals surface area contributed by atoms with Crippen molar-refractivity contribution in [1.29, 1.82) is 0 Å². The first kappa shape index (κ1) is 9.56. The molecule has 11 heavy (non-hydrogen) atoms. The molecular formula is C9H10O2. The van der Waals surface area contributed by atoms with Crippen molar-refractivity contribution in [3.63, 3.8) is 0 Å². The van der Waals surface area contributed by atoms with Crippen LogP contribution in [0.25, 0.3) is 0 Å². The van der Waals surface area contributed by atoms with Gasteiger partial charge in [-0.3, -0.25) is 4.79 Å². The van der Waals surface area contributed by atoms with E-state index in [1.165, 1.54) is 6.08 Å². The highest BCUT2D eigenvalue weighted by atomic mass is 16.1. The summed E-state index contributed by atoms with van der Waals surface area (Å²) in [6.45, 7) is 0. The molecule has 0 amide bonds. The average Bonchev–Trinajstić information content (AvgIpc) is 2.03. The summed E-state index contributed by atoms with van der Waals surface area (Å²) in [5.41, 5.74) is 0. The van der Waals surface area contributed by atoms with E-state index in [1.807, 2.05) is 0 Å². The Hall–Kier alpha value is -1.44. The summed E-state index contributed by atoms with van der Waals surface area (Å²) in [5, 5.41) is 0. The van der Waals surface area contributed by atoms with E-state index in [-0.39, 0.29) is 0 Å². The molecule has 0 aromatic carbocycles. The summed E-state index contributed by atoms with van der Waals surface area (Å²) in [7, 11) is 0. The van der Waals surface area contributed by atoms with E-state index in [0.29, 0.717) is 12.7 Å². The lowest BCUT2D eigenvalue weighted by atomic mass is 10.3. The molecule has 0 atom stereocenters. The number of hydrogen-bond acceptors (Lipinski definition) is 2. The molecular weight excluding hydrogens is 140 g/mol. The van der Waals surface area contributed by atoms with Crippen molar-refractivity contribution in [1.82, 2.24) is 0 Å². The van der Waals surface area contributed by atoms with Crippen molar-refractivity contribution >= 4 is 12.6 Å². The van der Waals surface area contributed by atoms with Gasteiger partial charge in [0.05, 0.1) is 0 Å². The molecule has 2 heteroatoms. The Morgan fingerprint density at radius 1 is 0.818 bits per heavy atom. The minimum absolute atomic E-state index is 0.432. The van der Waals surface area contributed by atoms with Crippen molar-refractivity contribution in [3.05, 3.63) is 36.5 Å². The van der Waals surface area contributed by atoms with Crippen LogP contribution in [0.2, 0.25) is 0 Å². The highest BCUT2D eigenvalue weighted by molar-refractivity contribution is 5.65. The van der Waals surface area contributed by atoms with Gasteiger partial charge in [-0.2, -0.15) is 0 Å². The first-order valence-electron chi connectivity index (χ1n) is 3.29. The van der Waals surface area contributed by atoms with Gasteiger partial charge in [-0.15, -0.1) is 0 Å². The second-order valence-electron chi connectivity index (χ2n) is 1.74. The molecule has 0 saturated heterocycles. The molecule has 0 unspecified atom stereocenters. The molecule has 58 valence electrons. The fourth-order valence-corrected chi connectivity index (χ4v) is 0.451. The monoisotopic (exact) mass is 150 g/mol. The molecule has 0 radical (unpaired) electrons. The van der Waals surface area contributed by atoms with Crippen LogP contribution in [0, 0.1) is 0 Å². The number of carbonyl (C=O) groups excluding carboxylic acids is 2. The van der Waals surface area contributed by atoms with Crippen LogP contribution in [0.5, 0.6) is 0 Å². The van der Waals surface area contributed by atoms with E-state index in [1.54, 1.807) is 30.4 Å². The van der Waals surface area contributed by atoms with Crippen LogP contribution in [0.1, 0.15) is 6.42 Å². The maximum absolute atomic E-state index is 9.80. The van der Waals surface area contributed by atoms with Crippen molar-refractivity contribution < 1.29 is 9.59 Å².